The summed E-state index contributed by atoms with van der Waals surface area (Å²) in [6.07, 6.45) is 1.48. The maximum atomic E-state index is 12.8. The SMILES string of the molecule is Cc1ccc(Oc2coc3cc(OC(=O)CCCN4C(=O)c5ccccc5C4=O)ccc3c2=O)cc1. The lowest BCUT2D eigenvalue weighted by molar-refractivity contribution is -0.134. The van der Waals surface area contributed by atoms with E-state index in [0.717, 1.165) is 10.5 Å². The molecule has 0 unspecified atom stereocenters. The molecule has 8 nitrogen and oxygen atoms in total. The van der Waals surface area contributed by atoms with Crippen LogP contribution in [0.4, 0.5) is 0 Å². The minimum atomic E-state index is -0.535. The molecular formula is C28H21NO7. The average molecular weight is 483 g/mol. The largest absolute Gasteiger partial charge is 0.460 e. The summed E-state index contributed by atoms with van der Waals surface area (Å²) in [5, 5.41) is 0.282. The van der Waals surface area contributed by atoms with Gasteiger partial charge in [-0.15, -0.1) is 0 Å². The van der Waals surface area contributed by atoms with Crippen LogP contribution < -0.4 is 14.9 Å². The summed E-state index contributed by atoms with van der Waals surface area (Å²) in [5.74, 6) is -0.488. The van der Waals surface area contributed by atoms with E-state index in [4.69, 9.17) is 13.9 Å². The minimum absolute atomic E-state index is 0.00127. The maximum Gasteiger partial charge on any atom is 0.311 e. The molecule has 5 rings (SSSR count). The van der Waals surface area contributed by atoms with Gasteiger partial charge < -0.3 is 13.9 Å². The van der Waals surface area contributed by atoms with E-state index in [1.807, 2.05) is 19.1 Å². The summed E-state index contributed by atoms with van der Waals surface area (Å²) in [6, 6.07) is 18.3. The van der Waals surface area contributed by atoms with E-state index in [1.54, 1.807) is 36.4 Å². The first-order chi connectivity index (χ1) is 17.4. The van der Waals surface area contributed by atoms with Gasteiger partial charge in [-0.1, -0.05) is 29.8 Å². The zero-order valence-electron chi connectivity index (χ0n) is 19.4. The maximum absolute atomic E-state index is 12.8. The smallest absolute Gasteiger partial charge is 0.311 e. The van der Waals surface area contributed by atoms with Gasteiger partial charge in [0, 0.05) is 19.0 Å². The highest BCUT2D eigenvalue weighted by Crippen LogP contribution is 2.25. The van der Waals surface area contributed by atoms with Crippen molar-refractivity contribution in [1.82, 2.24) is 4.90 Å². The number of amides is 2. The van der Waals surface area contributed by atoms with Gasteiger partial charge in [0.25, 0.3) is 11.8 Å². The third kappa shape index (κ3) is 4.48. The first kappa shape index (κ1) is 23.0. The van der Waals surface area contributed by atoms with Crippen molar-refractivity contribution in [2.24, 2.45) is 0 Å². The van der Waals surface area contributed by atoms with Gasteiger partial charge in [-0.3, -0.25) is 24.1 Å². The van der Waals surface area contributed by atoms with Crippen LogP contribution in [0.5, 0.6) is 17.2 Å². The summed E-state index contributed by atoms with van der Waals surface area (Å²) in [6.45, 7) is 2.06. The number of rotatable bonds is 7. The highest BCUT2D eigenvalue weighted by molar-refractivity contribution is 6.21. The topological polar surface area (TPSA) is 103 Å². The van der Waals surface area contributed by atoms with Gasteiger partial charge in [0.15, 0.2) is 0 Å². The second kappa shape index (κ2) is 9.50. The first-order valence-electron chi connectivity index (χ1n) is 11.4. The van der Waals surface area contributed by atoms with Crippen LogP contribution in [0.3, 0.4) is 0 Å². The molecule has 36 heavy (non-hydrogen) atoms. The lowest BCUT2D eigenvalue weighted by Gasteiger charge is -2.13. The van der Waals surface area contributed by atoms with Gasteiger partial charge in [0.05, 0.1) is 16.5 Å². The zero-order chi connectivity index (χ0) is 25.2. The van der Waals surface area contributed by atoms with Crippen molar-refractivity contribution in [3.63, 3.8) is 0 Å². The van der Waals surface area contributed by atoms with Crippen LogP contribution in [-0.4, -0.2) is 29.2 Å². The van der Waals surface area contributed by atoms with Gasteiger partial charge >= 0.3 is 5.97 Å². The summed E-state index contributed by atoms with van der Waals surface area (Å²) in [5.41, 5.74) is 1.70. The van der Waals surface area contributed by atoms with E-state index in [2.05, 4.69) is 0 Å². The number of hydrogen-bond donors (Lipinski definition) is 0. The third-order valence-corrected chi connectivity index (χ3v) is 5.84. The molecule has 0 N–H and O–H groups in total. The fourth-order valence-corrected chi connectivity index (χ4v) is 3.96. The molecule has 0 radical (unpaired) electrons. The Kier molecular flexibility index (Phi) is 6.08. The lowest BCUT2D eigenvalue weighted by atomic mass is 10.1. The normalized spacial score (nSPS) is 12.6. The summed E-state index contributed by atoms with van der Waals surface area (Å²) < 4.78 is 16.6. The number of carbonyl (C=O) groups excluding carboxylic acids is 3. The first-order valence-corrected chi connectivity index (χ1v) is 11.4. The van der Waals surface area contributed by atoms with Crippen LogP contribution in [0.15, 0.2) is 82.2 Å². The van der Waals surface area contributed by atoms with Crippen LogP contribution in [0.25, 0.3) is 11.0 Å². The quantitative estimate of drug-likeness (QED) is 0.210. The Hall–Kier alpha value is -4.72. The van der Waals surface area contributed by atoms with Crippen molar-refractivity contribution < 1.29 is 28.3 Å². The van der Waals surface area contributed by atoms with Crippen LogP contribution in [0, 0.1) is 6.92 Å². The second-order valence-electron chi connectivity index (χ2n) is 8.39. The van der Waals surface area contributed by atoms with Crippen LogP contribution in [0.2, 0.25) is 0 Å². The number of aryl methyl sites for hydroxylation is 1. The summed E-state index contributed by atoms with van der Waals surface area (Å²) in [4.78, 5) is 51.1. The Morgan fingerprint density at radius 3 is 2.25 bits per heavy atom. The number of carbonyl (C=O) groups is 3. The van der Waals surface area contributed by atoms with E-state index in [9.17, 15) is 19.2 Å². The molecule has 3 aromatic carbocycles. The highest BCUT2D eigenvalue weighted by Gasteiger charge is 2.34. The molecule has 1 aliphatic rings. The van der Waals surface area contributed by atoms with Crippen LogP contribution in [-0.2, 0) is 4.79 Å². The van der Waals surface area contributed by atoms with Gasteiger partial charge in [0.2, 0.25) is 11.2 Å². The Labute approximate surface area is 205 Å². The molecule has 0 spiro atoms. The van der Waals surface area contributed by atoms with Gasteiger partial charge in [-0.25, -0.2) is 0 Å². The second-order valence-corrected chi connectivity index (χ2v) is 8.39. The molecule has 0 saturated carbocycles. The summed E-state index contributed by atoms with van der Waals surface area (Å²) >= 11 is 0. The van der Waals surface area contributed by atoms with Crippen LogP contribution in [0.1, 0.15) is 39.1 Å². The predicted molar refractivity (Wildman–Crippen MR) is 130 cm³/mol. The fraction of sp³-hybridized carbons (Fsp3) is 0.143. The Morgan fingerprint density at radius 2 is 1.56 bits per heavy atom. The molecule has 180 valence electrons. The molecule has 1 aromatic heterocycles. The monoisotopic (exact) mass is 483 g/mol. The van der Waals surface area contributed by atoms with Crippen LogP contribution >= 0.6 is 0 Å². The number of ether oxygens (including phenoxy) is 2. The number of benzene rings is 3. The number of hydrogen-bond acceptors (Lipinski definition) is 7. The van der Waals surface area contributed by atoms with E-state index in [0.29, 0.717) is 16.9 Å². The zero-order valence-corrected chi connectivity index (χ0v) is 19.4. The fourth-order valence-electron chi connectivity index (χ4n) is 3.96. The lowest BCUT2D eigenvalue weighted by Crippen LogP contribution is -2.31. The van der Waals surface area contributed by atoms with Gasteiger partial charge in [0.1, 0.15) is 23.3 Å². The molecule has 8 heteroatoms. The number of fused-ring (bicyclic) bond motifs is 2. The van der Waals surface area contributed by atoms with Crippen molar-refractivity contribution in [1.29, 1.82) is 0 Å². The molecule has 0 aliphatic carbocycles. The molecule has 0 saturated heterocycles. The predicted octanol–water partition coefficient (Wildman–Crippen LogP) is 4.88. The number of nitrogens with zero attached hydrogens (tertiary/aromatic N) is 1. The standard InChI is InChI=1S/C28H21NO7/c1-17-8-10-18(11-9-17)35-24-16-34-23-15-19(12-13-22(23)26(24)31)36-25(30)7-4-14-29-27(32)20-5-2-3-6-21(20)28(29)33/h2-3,5-6,8-13,15-16H,4,7,14H2,1H3. The van der Waals surface area contributed by atoms with E-state index in [1.165, 1.54) is 24.5 Å². The molecule has 1 aliphatic heterocycles. The molecule has 0 bridgehead atoms. The molecule has 2 amide bonds. The van der Waals surface area contributed by atoms with Gasteiger partial charge in [-0.2, -0.15) is 0 Å². The average Bonchev–Trinajstić information content (AvgIpc) is 3.12. The van der Waals surface area contributed by atoms with Crippen molar-refractivity contribution in [2.75, 3.05) is 6.54 Å². The Bertz CT molecular complexity index is 1520. The van der Waals surface area contributed by atoms with Gasteiger partial charge in [-0.05, 0) is 49.7 Å². The Balaban J connectivity index is 1.20. The van der Waals surface area contributed by atoms with E-state index >= 15 is 0 Å². The third-order valence-electron chi connectivity index (χ3n) is 5.84. The number of esters is 1. The van der Waals surface area contributed by atoms with E-state index < -0.39 is 5.97 Å². The van der Waals surface area contributed by atoms with Crippen molar-refractivity contribution in [3.8, 4) is 17.2 Å². The molecule has 2 heterocycles. The molecule has 0 atom stereocenters. The number of imide groups is 1. The molecular weight excluding hydrogens is 462 g/mol. The molecule has 4 aromatic rings. The minimum Gasteiger partial charge on any atom is -0.460 e. The Morgan fingerprint density at radius 1 is 0.889 bits per heavy atom. The van der Waals surface area contributed by atoms with E-state index in [-0.39, 0.29) is 59.1 Å². The van der Waals surface area contributed by atoms with Crippen molar-refractivity contribution >= 4 is 28.8 Å². The highest BCUT2D eigenvalue weighted by atomic mass is 16.5. The summed E-state index contributed by atoms with van der Waals surface area (Å²) in [7, 11) is 0. The van der Waals surface area contributed by atoms with Crippen molar-refractivity contribution in [3.05, 3.63) is 99.9 Å². The molecule has 0 fully saturated rings. The van der Waals surface area contributed by atoms with Crippen molar-refractivity contribution in [2.45, 2.75) is 19.8 Å².